The molecule has 1 aromatic rings. The first kappa shape index (κ1) is 21.3. The minimum absolute atomic E-state index is 0.110. The Morgan fingerprint density at radius 1 is 1.21 bits per heavy atom. The average molecular weight is 387 g/mol. The highest BCUT2D eigenvalue weighted by Gasteiger charge is 2.26. The maximum atomic E-state index is 12.3. The highest BCUT2D eigenvalue weighted by atomic mass is 16.4. The largest absolute Gasteiger partial charge is 0.478 e. The molecule has 2 aliphatic rings. The van der Waals surface area contributed by atoms with Crippen molar-refractivity contribution in [2.45, 2.75) is 12.8 Å². The van der Waals surface area contributed by atoms with Crippen molar-refractivity contribution in [1.82, 2.24) is 14.8 Å². The molecular formula is C20H25N3O5. The number of amides is 1. The lowest BCUT2D eigenvalue weighted by Gasteiger charge is -2.22. The van der Waals surface area contributed by atoms with Gasteiger partial charge in [0.15, 0.2) is 0 Å². The summed E-state index contributed by atoms with van der Waals surface area (Å²) in [7, 11) is 1.90. The number of nitrogens with zero attached hydrogens (tertiary/aromatic N) is 3. The molecule has 0 saturated heterocycles. The topological polar surface area (TPSA) is 111 Å². The van der Waals surface area contributed by atoms with Gasteiger partial charge in [-0.2, -0.15) is 0 Å². The molecule has 0 fully saturated rings. The van der Waals surface area contributed by atoms with Crippen LogP contribution in [0.3, 0.4) is 0 Å². The monoisotopic (exact) mass is 387 g/mol. The number of carbonyl (C=O) groups excluding carboxylic acids is 1. The van der Waals surface area contributed by atoms with Crippen molar-refractivity contribution in [3.8, 4) is 0 Å². The van der Waals surface area contributed by atoms with E-state index in [4.69, 9.17) is 10.2 Å². The maximum absolute atomic E-state index is 12.3. The number of aromatic nitrogens is 1. The van der Waals surface area contributed by atoms with Crippen LogP contribution in [0.5, 0.6) is 0 Å². The molecule has 2 N–H and O–H groups in total. The van der Waals surface area contributed by atoms with E-state index in [0.717, 1.165) is 50.3 Å². The van der Waals surface area contributed by atoms with Gasteiger partial charge < -0.3 is 15.1 Å². The van der Waals surface area contributed by atoms with Gasteiger partial charge in [-0.15, -0.1) is 0 Å². The van der Waals surface area contributed by atoms with Gasteiger partial charge in [0.25, 0.3) is 5.91 Å². The molecule has 0 spiro atoms. The lowest BCUT2D eigenvalue weighted by molar-refractivity contribution is -0.134. The third-order valence-corrected chi connectivity index (χ3v) is 4.60. The van der Waals surface area contributed by atoms with Crippen molar-refractivity contribution < 1.29 is 24.6 Å². The normalized spacial score (nSPS) is 19.1. The van der Waals surface area contributed by atoms with Crippen LogP contribution < -0.4 is 0 Å². The second-order valence-electron chi connectivity index (χ2n) is 6.78. The van der Waals surface area contributed by atoms with Crippen LogP contribution in [0.2, 0.25) is 0 Å². The van der Waals surface area contributed by atoms with Crippen LogP contribution in [0.4, 0.5) is 0 Å². The minimum Gasteiger partial charge on any atom is -0.478 e. The molecule has 3 rings (SSSR count). The van der Waals surface area contributed by atoms with Gasteiger partial charge in [0.05, 0.1) is 11.3 Å². The van der Waals surface area contributed by atoms with E-state index >= 15 is 0 Å². The molecule has 1 aromatic heterocycles. The molecule has 8 heteroatoms. The summed E-state index contributed by atoms with van der Waals surface area (Å²) in [6.07, 6.45) is 9.38. The number of pyridine rings is 1. The molecule has 1 amide bonds. The summed E-state index contributed by atoms with van der Waals surface area (Å²) >= 11 is 0. The molecule has 0 radical (unpaired) electrons. The summed E-state index contributed by atoms with van der Waals surface area (Å²) in [4.78, 5) is 40.1. The number of carbonyl (C=O) groups is 3. The van der Waals surface area contributed by atoms with Crippen molar-refractivity contribution in [1.29, 1.82) is 0 Å². The van der Waals surface area contributed by atoms with E-state index in [1.807, 2.05) is 24.1 Å². The van der Waals surface area contributed by atoms with Crippen molar-refractivity contribution in [2.75, 3.05) is 33.2 Å². The molecular weight excluding hydrogens is 362 g/mol. The van der Waals surface area contributed by atoms with Gasteiger partial charge in [-0.05, 0) is 37.4 Å². The third-order valence-electron chi connectivity index (χ3n) is 4.60. The molecule has 1 unspecified atom stereocenters. The zero-order valence-corrected chi connectivity index (χ0v) is 15.8. The molecule has 28 heavy (non-hydrogen) atoms. The van der Waals surface area contributed by atoms with Gasteiger partial charge in [-0.25, -0.2) is 9.59 Å². The summed E-state index contributed by atoms with van der Waals surface area (Å²) in [5.74, 6) is -1.90. The standard InChI is InChI=1S/C16H21N3O.C4H4O4/c1-18-12-13(6-10-19-8-2-3-9-19)11-15-14(16(18)20)5-4-7-17-15;5-3(6)1-2-4(7)8/h2-5,7,13H,6,8-12H2,1H3;1-2H,(H,5,6)(H,7,8)/b;2-1+. The van der Waals surface area contributed by atoms with Crippen LogP contribution in [0.25, 0.3) is 0 Å². The lowest BCUT2D eigenvalue weighted by Crippen LogP contribution is -2.31. The van der Waals surface area contributed by atoms with Gasteiger partial charge in [0.2, 0.25) is 0 Å². The Kier molecular flexibility index (Phi) is 7.88. The predicted molar refractivity (Wildman–Crippen MR) is 103 cm³/mol. The molecule has 8 nitrogen and oxygen atoms in total. The number of aliphatic carboxylic acids is 2. The van der Waals surface area contributed by atoms with Crippen LogP contribution >= 0.6 is 0 Å². The van der Waals surface area contributed by atoms with Crippen molar-refractivity contribution in [3.05, 3.63) is 53.9 Å². The maximum Gasteiger partial charge on any atom is 0.328 e. The smallest absolute Gasteiger partial charge is 0.328 e. The third kappa shape index (κ3) is 6.62. The minimum atomic E-state index is -1.26. The highest BCUT2D eigenvalue weighted by Crippen LogP contribution is 2.22. The second-order valence-corrected chi connectivity index (χ2v) is 6.78. The van der Waals surface area contributed by atoms with Crippen LogP contribution in [-0.2, 0) is 16.0 Å². The van der Waals surface area contributed by atoms with E-state index < -0.39 is 11.9 Å². The van der Waals surface area contributed by atoms with E-state index in [-0.39, 0.29) is 5.91 Å². The van der Waals surface area contributed by atoms with Gasteiger partial charge in [0.1, 0.15) is 0 Å². The van der Waals surface area contributed by atoms with Crippen molar-refractivity contribution >= 4 is 17.8 Å². The van der Waals surface area contributed by atoms with Crippen molar-refractivity contribution in [3.63, 3.8) is 0 Å². The fraction of sp³-hybridized carbons (Fsp3) is 0.400. The zero-order valence-electron chi connectivity index (χ0n) is 15.8. The summed E-state index contributed by atoms with van der Waals surface area (Å²) in [6, 6.07) is 3.74. The van der Waals surface area contributed by atoms with Gasteiger partial charge in [0, 0.05) is 45.0 Å². The van der Waals surface area contributed by atoms with E-state index in [2.05, 4.69) is 22.0 Å². The number of hydrogen-bond donors (Lipinski definition) is 2. The Bertz CT molecular complexity index is 751. The molecule has 0 saturated carbocycles. The SMILES string of the molecule is CN1CC(CCN2CC=CC2)Cc2ncccc2C1=O.O=C(O)/C=C/C(=O)O. The van der Waals surface area contributed by atoms with Crippen LogP contribution in [0.15, 0.2) is 42.6 Å². The lowest BCUT2D eigenvalue weighted by atomic mass is 9.98. The first-order chi connectivity index (χ1) is 13.4. The Labute approximate surface area is 163 Å². The molecule has 1 atom stereocenters. The van der Waals surface area contributed by atoms with E-state index in [1.54, 1.807) is 6.20 Å². The number of hydrogen-bond acceptors (Lipinski definition) is 5. The Morgan fingerprint density at radius 3 is 2.46 bits per heavy atom. The van der Waals surface area contributed by atoms with E-state index in [9.17, 15) is 14.4 Å². The summed E-state index contributed by atoms with van der Waals surface area (Å²) in [6.45, 7) is 4.06. The predicted octanol–water partition coefficient (Wildman–Crippen LogP) is 1.30. The van der Waals surface area contributed by atoms with E-state index in [0.29, 0.717) is 18.1 Å². The van der Waals surface area contributed by atoms with Gasteiger partial charge >= 0.3 is 11.9 Å². The number of carboxylic acid groups (broad SMARTS) is 2. The zero-order chi connectivity index (χ0) is 20.5. The first-order valence-corrected chi connectivity index (χ1v) is 9.07. The molecule has 150 valence electrons. The van der Waals surface area contributed by atoms with Crippen LogP contribution in [-0.4, -0.2) is 76.1 Å². The molecule has 0 aliphatic carbocycles. The molecule has 0 aromatic carbocycles. The second kappa shape index (κ2) is 10.4. The fourth-order valence-corrected chi connectivity index (χ4v) is 3.21. The Balaban J connectivity index is 0.000000300. The summed E-state index contributed by atoms with van der Waals surface area (Å²) in [5, 5.41) is 15.6. The van der Waals surface area contributed by atoms with Crippen LogP contribution in [0.1, 0.15) is 22.5 Å². The van der Waals surface area contributed by atoms with E-state index in [1.165, 1.54) is 0 Å². The summed E-state index contributed by atoms with van der Waals surface area (Å²) in [5.41, 5.74) is 1.74. The average Bonchev–Trinajstić information content (AvgIpc) is 3.14. The summed E-state index contributed by atoms with van der Waals surface area (Å²) < 4.78 is 0. The highest BCUT2D eigenvalue weighted by molar-refractivity contribution is 5.95. The Morgan fingerprint density at radius 2 is 1.86 bits per heavy atom. The quantitative estimate of drug-likeness (QED) is 0.579. The molecule has 3 heterocycles. The van der Waals surface area contributed by atoms with Gasteiger partial charge in [-0.1, -0.05) is 12.2 Å². The Hall–Kier alpha value is -3.00. The molecule has 0 bridgehead atoms. The number of carboxylic acids is 2. The number of rotatable bonds is 5. The fourth-order valence-electron chi connectivity index (χ4n) is 3.21. The van der Waals surface area contributed by atoms with Gasteiger partial charge in [-0.3, -0.25) is 14.7 Å². The van der Waals surface area contributed by atoms with Crippen LogP contribution in [0, 0.1) is 5.92 Å². The molecule has 2 aliphatic heterocycles. The van der Waals surface area contributed by atoms with Crippen molar-refractivity contribution in [2.24, 2.45) is 5.92 Å². The number of fused-ring (bicyclic) bond motifs is 1. The first-order valence-electron chi connectivity index (χ1n) is 9.07.